The lowest BCUT2D eigenvalue weighted by atomic mass is 10.0. The molecule has 0 aromatic rings. The van der Waals surface area contributed by atoms with Crippen LogP contribution in [0.2, 0.25) is 0 Å². The molecule has 31 heavy (non-hydrogen) atoms. The number of hydrogen-bond acceptors (Lipinski definition) is 6. The molecule has 10 heteroatoms. The summed E-state index contributed by atoms with van der Waals surface area (Å²) in [7, 11) is 1.39. The molecule has 2 N–H and O–H groups in total. The van der Waals surface area contributed by atoms with Crippen molar-refractivity contribution in [2.45, 2.75) is 82.8 Å². The lowest BCUT2D eigenvalue weighted by molar-refractivity contribution is -0.138. The third kappa shape index (κ3) is 9.45. The molecule has 1 heterocycles. The van der Waals surface area contributed by atoms with Gasteiger partial charge in [0.1, 0.15) is 11.7 Å². The summed E-state index contributed by atoms with van der Waals surface area (Å²) >= 11 is 1.57. The molecule has 1 fully saturated rings. The smallest absolute Gasteiger partial charge is 0.243 e. The highest BCUT2D eigenvalue weighted by Gasteiger charge is 2.38. The van der Waals surface area contributed by atoms with Gasteiger partial charge in [0.05, 0.1) is 11.8 Å². The second kappa shape index (κ2) is 13.5. The van der Waals surface area contributed by atoms with Crippen LogP contribution < -0.4 is 10.6 Å². The molecule has 0 aromatic carbocycles. The minimum atomic E-state index is -0.688. The van der Waals surface area contributed by atoms with E-state index in [1.54, 1.807) is 11.8 Å². The maximum absolute atomic E-state index is 12.4. The van der Waals surface area contributed by atoms with Gasteiger partial charge in [-0.2, -0.15) is 0 Å². The molecule has 4 amide bonds. The Morgan fingerprint density at radius 3 is 2.42 bits per heavy atom. The van der Waals surface area contributed by atoms with Gasteiger partial charge < -0.3 is 15.4 Å². The predicted molar refractivity (Wildman–Crippen MR) is 124 cm³/mol. The minimum Gasteiger partial charge on any atom is -0.348 e. The molecule has 174 valence electrons. The van der Waals surface area contributed by atoms with Gasteiger partial charge in [-0.3, -0.25) is 24.1 Å². The highest BCUT2D eigenvalue weighted by molar-refractivity contribution is 8.01. The summed E-state index contributed by atoms with van der Waals surface area (Å²) in [5, 5.41) is 5.34. The molecule has 0 aliphatic carbocycles. The second-order valence-corrected chi connectivity index (χ2v) is 10.1. The van der Waals surface area contributed by atoms with Crippen LogP contribution in [0.1, 0.15) is 66.2 Å². The summed E-state index contributed by atoms with van der Waals surface area (Å²) in [6.07, 6.45) is 3.46. The maximum Gasteiger partial charge on any atom is 0.243 e. The molecule has 0 bridgehead atoms. The zero-order valence-corrected chi connectivity index (χ0v) is 20.2. The third-order valence-electron chi connectivity index (χ3n) is 5.24. The fourth-order valence-corrected chi connectivity index (χ4v) is 4.44. The Balaban J connectivity index is 2.34. The van der Waals surface area contributed by atoms with E-state index < -0.39 is 6.04 Å². The van der Waals surface area contributed by atoms with Gasteiger partial charge in [0.2, 0.25) is 23.6 Å². The first-order valence-corrected chi connectivity index (χ1v) is 12.1. The number of imide groups is 1. The second-order valence-electron chi connectivity index (χ2n) is 8.45. The van der Waals surface area contributed by atoms with E-state index in [4.69, 9.17) is 0 Å². The van der Waals surface area contributed by atoms with E-state index in [-0.39, 0.29) is 59.9 Å². The van der Waals surface area contributed by atoms with Gasteiger partial charge in [0.25, 0.3) is 0 Å². The molecule has 0 radical (unpaired) electrons. The molecule has 8 nitrogen and oxygen atoms in total. The van der Waals surface area contributed by atoms with Crippen molar-refractivity contribution in [3.63, 3.8) is 0 Å². The Kier molecular flexibility index (Phi) is 11.9. The predicted octanol–water partition coefficient (Wildman–Crippen LogP) is 0.623. The van der Waals surface area contributed by atoms with Crippen LogP contribution in [0.15, 0.2) is 0 Å². The summed E-state index contributed by atoms with van der Waals surface area (Å²) in [4.78, 5) is 61.4. The van der Waals surface area contributed by atoms with Crippen LogP contribution >= 0.6 is 11.8 Å². The molecule has 0 aromatic heterocycles. The molecule has 3 atom stereocenters. The highest BCUT2D eigenvalue weighted by Crippen LogP contribution is 2.29. The number of likely N-dealkylation sites (tertiary alicyclic amines) is 1. The Labute approximate surface area is 190 Å². The van der Waals surface area contributed by atoms with Crippen molar-refractivity contribution in [3.05, 3.63) is 0 Å². The summed E-state index contributed by atoms with van der Waals surface area (Å²) in [5.74, 6) is -0.905. The summed E-state index contributed by atoms with van der Waals surface area (Å²) in [5.41, 5.74) is -0.151. The van der Waals surface area contributed by atoms with Gasteiger partial charge in [-0.15, -0.1) is 11.8 Å². The first kappa shape index (κ1) is 27.2. The van der Waals surface area contributed by atoms with E-state index in [1.165, 1.54) is 12.7 Å². The Bertz CT molecular complexity index is 673. The topological polar surface area (TPSA) is 113 Å². The largest absolute Gasteiger partial charge is 0.348 e. The Morgan fingerprint density at radius 1 is 1.16 bits per heavy atom. The summed E-state index contributed by atoms with van der Waals surface area (Å²) in [6, 6.07) is -0.688. The normalized spacial score (nSPS) is 18.2. The zero-order valence-electron chi connectivity index (χ0n) is 19.4. The van der Waals surface area contributed by atoms with Crippen LogP contribution in [0.5, 0.6) is 0 Å². The molecule has 1 rings (SSSR count). The van der Waals surface area contributed by atoms with Gasteiger partial charge in [0, 0.05) is 24.6 Å². The van der Waals surface area contributed by atoms with Gasteiger partial charge in [-0.05, 0) is 25.2 Å². The highest BCUT2D eigenvalue weighted by atomic mass is 32.2. The van der Waals surface area contributed by atoms with Gasteiger partial charge >= 0.3 is 0 Å². The van der Waals surface area contributed by atoms with Crippen LogP contribution in [-0.2, 0) is 24.0 Å². The number of carbonyl (C=O) groups is 5. The number of unbranched alkanes of at least 4 members (excludes halogenated alkanes) is 2. The molecule has 1 aliphatic heterocycles. The van der Waals surface area contributed by atoms with Gasteiger partial charge in [-0.25, -0.2) is 0 Å². The van der Waals surface area contributed by atoms with E-state index in [2.05, 4.69) is 24.5 Å². The summed E-state index contributed by atoms with van der Waals surface area (Å²) in [6.45, 7) is 8.12. The van der Waals surface area contributed by atoms with Crippen molar-refractivity contribution in [1.29, 1.82) is 0 Å². The average molecular weight is 453 g/mol. The van der Waals surface area contributed by atoms with Crippen molar-refractivity contribution in [3.8, 4) is 0 Å². The molecule has 0 spiro atoms. The van der Waals surface area contributed by atoms with Crippen molar-refractivity contribution >= 4 is 48.9 Å². The third-order valence-corrected chi connectivity index (χ3v) is 6.73. The first-order valence-electron chi connectivity index (χ1n) is 11.1. The van der Waals surface area contributed by atoms with Crippen molar-refractivity contribution in [2.24, 2.45) is 5.92 Å². The minimum absolute atomic E-state index is 0.0530. The lowest BCUT2D eigenvalue weighted by Gasteiger charge is -2.21. The number of hydrogen-bond donors (Lipinski definition) is 2. The first-order chi connectivity index (χ1) is 14.6. The average Bonchev–Trinajstić information content (AvgIpc) is 2.96. The quantitative estimate of drug-likeness (QED) is 0.227. The van der Waals surface area contributed by atoms with Crippen molar-refractivity contribution < 1.29 is 24.0 Å². The van der Waals surface area contributed by atoms with Gasteiger partial charge in [0.15, 0.2) is 7.85 Å². The standard InChI is InChI=1S/C21H36BN3O5S/c1-5-14(4)31-15-11-18(28)25(21(15)30)10-8-6-7-9-17(27)24-19(13(2)3)20(29)23-12-16(22)26/h13-15,19H,5-12,22H2,1-4H3,(H,23,29)(H,24,27). The van der Waals surface area contributed by atoms with Crippen LogP contribution in [0.4, 0.5) is 0 Å². The zero-order chi connectivity index (χ0) is 23.6. The van der Waals surface area contributed by atoms with E-state index in [1.807, 2.05) is 13.8 Å². The fraction of sp³-hybridized carbons (Fsp3) is 0.762. The number of thioether (sulfide) groups is 1. The molecule has 3 unspecified atom stereocenters. The number of nitrogens with one attached hydrogen (secondary N) is 2. The van der Waals surface area contributed by atoms with Crippen LogP contribution in [0.3, 0.4) is 0 Å². The monoisotopic (exact) mass is 453 g/mol. The van der Waals surface area contributed by atoms with Gasteiger partial charge in [-0.1, -0.05) is 34.1 Å². The number of carbonyl (C=O) groups excluding carboxylic acids is 5. The van der Waals surface area contributed by atoms with Crippen LogP contribution in [-0.4, -0.2) is 71.7 Å². The van der Waals surface area contributed by atoms with Crippen LogP contribution in [0.25, 0.3) is 0 Å². The Hall–Kier alpha value is -1.84. The van der Waals surface area contributed by atoms with Crippen LogP contribution in [0, 0.1) is 5.92 Å². The molecule has 1 saturated heterocycles. The van der Waals surface area contributed by atoms with E-state index in [9.17, 15) is 24.0 Å². The Morgan fingerprint density at radius 2 is 1.84 bits per heavy atom. The van der Waals surface area contributed by atoms with E-state index in [0.717, 1.165) is 6.42 Å². The number of rotatable bonds is 14. The molecular weight excluding hydrogens is 417 g/mol. The number of amides is 4. The maximum atomic E-state index is 12.4. The SMILES string of the molecule is BC(=O)CNC(=O)C(NC(=O)CCCCCN1C(=O)CC(SC(C)CC)C1=O)C(C)C. The lowest BCUT2D eigenvalue weighted by Crippen LogP contribution is -2.50. The molecule has 1 aliphatic rings. The molecular formula is C21H36BN3O5S. The van der Waals surface area contributed by atoms with E-state index >= 15 is 0 Å². The summed E-state index contributed by atoms with van der Waals surface area (Å²) < 4.78 is 0. The fourth-order valence-electron chi connectivity index (χ4n) is 3.21. The van der Waals surface area contributed by atoms with E-state index in [0.29, 0.717) is 31.1 Å². The number of nitrogens with zero attached hydrogens (tertiary/aromatic N) is 1. The molecule has 0 saturated carbocycles. The van der Waals surface area contributed by atoms with Crippen molar-refractivity contribution in [2.75, 3.05) is 13.1 Å². The van der Waals surface area contributed by atoms with Crippen molar-refractivity contribution in [1.82, 2.24) is 15.5 Å².